The van der Waals surface area contributed by atoms with E-state index in [0.29, 0.717) is 6.54 Å². The zero-order valence-corrected chi connectivity index (χ0v) is 14.7. The fourth-order valence-corrected chi connectivity index (χ4v) is 3.04. The SMILES string of the molecule is CC(C)n1nccc1NC(=O)CN1CCN(c2ccc(O)cc2)CC1. The Morgan fingerprint density at radius 3 is 2.48 bits per heavy atom. The van der Waals surface area contributed by atoms with E-state index in [2.05, 4.69) is 20.2 Å². The molecule has 3 rings (SSSR count). The minimum Gasteiger partial charge on any atom is -0.508 e. The third kappa shape index (κ3) is 4.30. The van der Waals surface area contributed by atoms with Gasteiger partial charge < -0.3 is 15.3 Å². The highest BCUT2D eigenvalue weighted by atomic mass is 16.3. The van der Waals surface area contributed by atoms with Gasteiger partial charge in [0.05, 0.1) is 12.7 Å². The molecule has 2 N–H and O–H groups in total. The van der Waals surface area contributed by atoms with E-state index in [-0.39, 0.29) is 17.7 Å². The summed E-state index contributed by atoms with van der Waals surface area (Å²) in [6.45, 7) is 7.84. The van der Waals surface area contributed by atoms with Gasteiger partial charge in [-0.25, -0.2) is 4.68 Å². The molecule has 0 saturated carbocycles. The number of carbonyl (C=O) groups excluding carboxylic acids is 1. The molecule has 0 bridgehead atoms. The number of rotatable bonds is 5. The first-order chi connectivity index (χ1) is 12.0. The fraction of sp³-hybridized carbons (Fsp3) is 0.444. The minimum atomic E-state index is -0.0134. The predicted octanol–water partition coefficient (Wildman–Crippen LogP) is 1.93. The van der Waals surface area contributed by atoms with Gasteiger partial charge in [-0.2, -0.15) is 5.10 Å². The number of anilines is 2. The average molecular weight is 343 g/mol. The Labute approximate surface area is 147 Å². The Balaban J connectivity index is 1.49. The zero-order valence-electron chi connectivity index (χ0n) is 14.7. The van der Waals surface area contributed by atoms with Gasteiger partial charge >= 0.3 is 0 Å². The van der Waals surface area contributed by atoms with Crippen LogP contribution < -0.4 is 10.2 Å². The second-order valence-corrected chi connectivity index (χ2v) is 6.58. The molecular formula is C18H25N5O2. The van der Waals surface area contributed by atoms with E-state index in [4.69, 9.17) is 0 Å². The third-order valence-electron chi connectivity index (χ3n) is 4.38. The molecule has 0 aliphatic carbocycles. The summed E-state index contributed by atoms with van der Waals surface area (Å²) in [5, 5.41) is 16.6. The van der Waals surface area contributed by atoms with Gasteiger partial charge in [0.25, 0.3) is 0 Å². The molecule has 1 aliphatic heterocycles. The molecule has 2 aromatic rings. The van der Waals surface area contributed by atoms with Crippen LogP contribution in [0.1, 0.15) is 19.9 Å². The maximum atomic E-state index is 12.3. The highest BCUT2D eigenvalue weighted by Crippen LogP contribution is 2.20. The van der Waals surface area contributed by atoms with Gasteiger partial charge in [0, 0.05) is 44.0 Å². The number of piperazine rings is 1. The number of phenols is 1. The summed E-state index contributed by atoms with van der Waals surface area (Å²) in [7, 11) is 0. The van der Waals surface area contributed by atoms with E-state index in [1.54, 1.807) is 23.0 Å². The van der Waals surface area contributed by atoms with Crippen molar-refractivity contribution in [1.82, 2.24) is 14.7 Å². The number of hydrogen-bond donors (Lipinski definition) is 2. The second-order valence-electron chi connectivity index (χ2n) is 6.58. The lowest BCUT2D eigenvalue weighted by Crippen LogP contribution is -2.48. The minimum absolute atomic E-state index is 0.0134. The Hall–Kier alpha value is -2.54. The molecular weight excluding hydrogens is 318 g/mol. The van der Waals surface area contributed by atoms with Crippen LogP contribution in [0.25, 0.3) is 0 Å². The van der Waals surface area contributed by atoms with Crippen LogP contribution in [0.2, 0.25) is 0 Å². The van der Waals surface area contributed by atoms with Crippen molar-refractivity contribution in [3.05, 3.63) is 36.5 Å². The number of amides is 1. The molecule has 25 heavy (non-hydrogen) atoms. The zero-order chi connectivity index (χ0) is 17.8. The van der Waals surface area contributed by atoms with Crippen LogP contribution in [0.15, 0.2) is 36.5 Å². The summed E-state index contributed by atoms with van der Waals surface area (Å²) >= 11 is 0. The number of aromatic hydroxyl groups is 1. The van der Waals surface area contributed by atoms with Crippen LogP contribution >= 0.6 is 0 Å². The van der Waals surface area contributed by atoms with E-state index in [0.717, 1.165) is 37.7 Å². The molecule has 2 heterocycles. The lowest BCUT2D eigenvalue weighted by molar-refractivity contribution is -0.117. The molecule has 1 fully saturated rings. The number of hydrogen-bond acceptors (Lipinski definition) is 5. The van der Waals surface area contributed by atoms with E-state index in [1.165, 1.54) is 0 Å². The number of nitrogens with one attached hydrogen (secondary N) is 1. The normalized spacial score (nSPS) is 15.6. The van der Waals surface area contributed by atoms with Crippen LogP contribution in [-0.2, 0) is 4.79 Å². The van der Waals surface area contributed by atoms with Crippen LogP contribution in [-0.4, -0.2) is 58.4 Å². The Kier molecular flexibility index (Phi) is 5.23. The fourth-order valence-electron chi connectivity index (χ4n) is 3.04. The van der Waals surface area contributed by atoms with Crippen molar-refractivity contribution in [1.29, 1.82) is 0 Å². The molecule has 1 aromatic heterocycles. The van der Waals surface area contributed by atoms with Crippen LogP contribution in [0.5, 0.6) is 5.75 Å². The van der Waals surface area contributed by atoms with Gasteiger partial charge in [0.1, 0.15) is 11.6 Å². The summed E-state index contributed by atoms with van der Waals surface area (Å²) in [5.41, 5.74) is 1.10. The second kappa shape index (κ2) is 7.57. The number of nitrogens with zero attached hydrogens (tertiary/aromatic N) is 4. The first kappa shape index (κ1) is 17.3. The molecule has 134 valence electrons. The standard InChI is InChI=1S/C18H25N5O2/c1-14(2)23-17(7-8-19-23)20-18(25)13-21-9-11-22(12-10-21)15-3-5-16(24)6-4-15/h3-8,14,24H,9-13H2,1-2H3,(H,20,25). The van der Waals surface area contributed by atoms with E-state index in [1.807, 2.05) is 32.0 Å². The Morgan fingerprint density at radius 2 is 1.84 bits per heavy atom. The van der Waals surface area contributed by atoms with Crippen molar-refractivity contribution >= 4 is 17.4 Å². The smallest absolute Gasteiger partial charge is 0.239 e. The van der Waals surface area contributed by atoms with Gasteiger partial charge in [-0.3, -0.25) is 9.69 Å². The Morgan fingerprint density at radius 1 is 1.16 bits per heavy atom. The van der Waals surface area contributed by atoms with Crippen molar-refractivity contribution in [3.8, 4) is 5.75 Å². The van der Waals surface area contributed by atoms with Gasteiger partial charge in [0.15, 0.2) is 0 Å². The lowest BCUT2D eigenvalue weighted by atomic mass is 10.2. The van der Waals surface area contributed by atoms with Crippen molar-refractivity contribution in [2.45, 2.75) is 19.9 Å². The van der Waals surface area contributed by atoms with Crippen molar-refractivity contribution in [2.75, 3.05) is 42.9 Å². The molecule has 7 heteroatoms. The summed E-state index contributed by atoms with van der Waals surface area (Å²) in [4.78, 5) is 16.7. The Bertz CT molecular complexity index is 703. The molecule has 0 radical (unpaired) electrons. The van der Waals surface area contributed by atoms with Crippen molar-refractivity contribution in [2.24, 2.45) is 0 Å². The summed E-state index contributed by atoms with van der Waals surface area (Å²) in [6.07, 6.45) is 1.70. The van der Waals surface area contributed by atoms with Gasteiger partial charge in [0.2, 0.25) is 5.91 Å². The predicted molar refractivity (Wildman–Crippen MR) is 98.0 cm³/mol. The summed E-state index contributed by atoms with van der Waals surface area (Å²) in [5.74, 6) is 1.00. The van der Waals surface area contributed by atoms with Crippen molar-refractivity contribution < 1.29 is 9.90 Å². The highest BCUT2D eigenvalue weighted by molar-refractivity contribution is 5.91. The maximum Gasteiger partial charge on any atom is 0.239 e. The molecule has 0 spiro atoms. The van der Waals surface area contributed by atoms with E-state index >= 15 is 0 Å². The molecule has 1 saturated heterocycles. The van der Waals surface area contributed by atoms with Gasteiger partial charge in [-0.15, -0.1) is 0 Å². The number of carbonyl (C=O) groups is 1. The molecule has 1 amide bonds. The number of benzene rings is 1. The summed E-state index contributed by atoms with van der Waals surface area (Å²) in [6, 6.07) is 9.27. The maximum absolute atomic E-state index is 12.3. The van der Waals surface area contributed by atoms with Crippen molar-refractivity contribution in [3.63, 3.8) is 0 Å². The largest absolute Gasteiger partial charge is 0.508 e. The van der Waals surface area contributed by atoms with Crippen LogP contribution in [0.4, 0.5) is 11.5 Å². The topological polar surface area (TPSA) is 73.6 Å². The molecule has 1 aliphatic rings. The molecule has 0 unspecified atom stereocenters. The molecule has 0 atom stereocenters. The molecule has 1 aromatic carbocycles. The highest BCUT2D eigenvalue weighted by Gasteiger charge is 2.20. The van der Waals surface area contributed by atoms with Gasteiger partial charge in [-0.05, 0) is 38.1 Å². The lowest BCUT2D eigenvalue weighted by Gasteiger charge is -2.35. The van der Waals surface area contributed by atoms with E-state index in [9.17, 15) is 9.90 Å². The quantitative estimate of drug-likeness (QED) is 0.868. The first-order valence-electron chi connectivity index (χ1n) is 8.62. The first-order valence-corrected chi connectivity index (χ1v) is 8.62. The van der Waals surface area contributed by atoms with Gasteiger partial charge in [-0.1, -0.05) is 0 Å². The van der Waals surface area contributed by atoms with Crippen LogP contribution in [0.3, 0.4) is 0 Å². The average Bonchev–Trinajstić information content (AvgIpc) is 3.04. The monoisotopic (exact) mass is 343 g/mol. The van der Waals surface area contributed by atoms with Crippen LogP contribution in [0, 0.1) is 0 Å². The summed E-state index contributed by atoms with van der Waals surface area (Å²) < 4.78 is 1.81. The van der Waals surface area contributed by atoms with E-state index < -0.39 is 0 Å². The number of aromatic nitrogens is 2. The number of phenolic OH excluding ortho intramolecular Hbond substituents is 1. The molecule has 7 nitrogen and oxygen atoms in total. The third-order valence-corrected chi connectivity index (χ3v) is 4.38.